The predicted octanol–water partition coefficient (Wildman–Crippen LogP) is 5.55. The molecule has 0 radical (unpaired) electrons. The number of hydrogen-bond acceptors (Lipinski definition) is 4. The summed E-state index contributed by atoms with van der Waals surface area (Å²) in [5.74, 6) is 0.317. The maximum Gasteiger partial charge on any atom is 0.265 e. The molecule has 0 aromatic heterocycles. The van der Waals surface area contributed by atoms with Crippen LogP contribution in [0.25, 0.3) is 0 Å². The van der Waals surface area contributed by atoms with Gasteiger partial charge in [0.1, 0.15) is 5.75 Å². The largest absolute Gasteiger partial charge is 0.481 e. The second-order valence-corrected chi connectivity index (χ2v) is 9.45. The summed E-state index contributed by atoms with van der Waals surface area (Å²) in [4.78, 5) is 12.7. The van der Waals surface area contributed by atoms with Crippen LogP contribution < -0.4 is 14.8 Å². The van der Waals surface area contributed by atoms with E-state index in [9.17, 15) is 13.2 Å². The van der Waals surface area contributed by atoms with Crippen molar-refractivity contribution in [3.8, 4) is 5.75 Å². The number of benzene rings is 3. The normalized spacial score (nSPS) is 12.1. The minimum atomic E-state index is -3.82. The molecule has 1 atom stereocenters. The SMILES string of the molecule is CC[C@H](Oc1ccc(C)c(C)c1)C(=O)Nc1ccc(S(=O)(=O)Nc2ccccc2Cl)cc1. The van der Waals surface area contributed by atoms with Gasteiger partial charge in [0.25, 0.3) is 15.9 Å². The van der Waals surface area contributed by atoms with E-state index in [0.29, 0.717) is 28.6 Å². The highest BCUT2D eigenvalue weighted by Crippen LogP contribution is 2.25. The smallest absolute Gasteiger partial charge is 0.265 e. The lowest BCUT2D eigenvalue weighted by Crippen LogP contribution is -2.32. The third kappa shape index (κ3) is 5.81. The number of nitrogens with one attached hydrogen (secondary N) is 2. The van der Waals surface area contributed by atoms with Crippen LogP contribution >= 0.6 is 11.6 Å². The Balaban J connectivity index is 1.68. The second kappa shape index (κ2) is 10.1. The first-order valence-electron chi connectivity index (χ1n) is 10.1. The molecule has 6 nitrogen and oxygen atoms in total. The Hall–Kier alpha value is -3.03. The Bertz CT molecular complexity index is 1210. The number of ether oxygens (including phenoxy) is 1. The lowest BCUT2D eigenvalue weighted by atomic mass is 10.1. The van der Waals surface area contributed by atoms with Crippen molar-refractivity contribution in [2.75, 3.05) is 10.0 Å². The first-order chi connectivity index (χ1) is 15.2. The molecule has 32 heavy (non-hydrogen) atoms. The number of carbonyl (C=O) groups excluding carboxylic acids is 1. The summed E-state index contributed by atoms with van der Waals surface area (Å²) in [5.41, 5.74) is 2.99. The molecule has 8 heteroatoms. The highest BCUT2D eigenvalue weighted by atomic mass is 35.5. The molecule has 3 rings (SSSR count). The van der Waals surface area contributed by atoms with Gasteiger partial charge in [0, 0.05) is 5.69 Å². The molecule has 0 aliphatic heterocycles. The van der Waals surface area contributed by atoms with Gasteiger partial charge < -0.3 is 10.1 Å². The van der Waals surface area contributed by atoms with Crippen LogP contribution in [0.1, 0.15) is 24.5 Å². The molecule has 168 valence electrons. The molecule has 2 N–H and O–H groups in total. The zero-order chi connectivity index (χ0) is 23.3. The minimum absolute atomic E-state index is 0.0499. The average Bonchev–Trinajstić information content (AvgIpc) is 2.76. The van der Waals surface area contributed by atoms with E-state index in [0.717, 1.165) is 11.1 Å². The van der Waals surface area contributed by atoms with E-state index in [2.05, 4.69) is 10.0 Å². The first kappa shape index (κ1) is 23.6. The van der Waals surface area contributed by atoms with Gasteiger partial charge in [0.2, 0.25) is 0 Å². The fraction of sp³-hybridized carbons (Fsp3) is 0.208. The second-order valence-electron chi connectivity index (χ2n) is 7.36. The fourth-order valence-electron chi connectivity index (χ4n) is 2.96. The molecule has 1 amide bonds. The number of anilines is 2. The summed E-state index contributed by atoms with van der Waals surface area (Å²) >= 11 is 6.03. The molecular formula is C24H25ClN2O4S. The van der Waals surface area contributed by atoms with E-state index in [1.165, 1.54) is 24.3 Å². The van der Waals surface area contributed by atoms with Gasteiger partial charge in [-0.2, -0.15) is 0 Å². The molecule has 0 aliphatic rings. The van der Waals surface area contributed by atoms with Crippen LogP contribution in [-0.4, -0.2) is 20.4 Å². The molecule has 3 aromatic carbocycles. The fourth-order valence-corrected chi connectivity index (χ4v) is 4.28. The van der Waals surface area contributed by atoms with E-state index in [4.69, 9.17) is 16.3 Å². The molecule has 0 unspecified atom stereocenters. The van der Waals surface area contributed by atoms with Gasteiger partial charge in [-0.15, -0.1) is 0 Å². The topological polar surface area (TPSA) is 84.5 Å². The molecule has 0 saturated carbocycles. The van der Waals surface area contributed by atoms with Gasteiger partial charge in [-0.25, -0.2) is 8.42 Å². The van der Waals surface area contributed by atoms with Gasteiger partial charge in [-0.05, 0) is 79.9 Å². The number of carbonyl (C=O) groups is 1. The molecular weight excluding hydrogens is 448 g/mol. The Morgan fingerprint density at radius 3 is 2.31 bits per heavy atom. The monoisotopic (exact) mass is 472 g/mol. The Morgan fingerprint density at radius 2 is 1.69 bits per heavy atom. The van der Waals surface area contributed by atoms with Crippen LogP contribution in [0.2, 0.25) is 5.02 Å². The molecule has 0 aliphatic carbocycles. The molecule has 0 fully saturated rings. The number of hydrogen-bond donors (Lipinski definition) is 2. The third-order valence-corrected chi connectivity index (χ3v) is 6.68. The molecule has 3 aromatic rings. The third-order valence-electron chi connectivity index (χ3n) is 4.97. The quantitative estimate of drug-likeness (QED) is 0.450. The van der Waals surface area contributed by atoms with Crippen molar-refractivity contribution in [3.63, 3.8) is 0 Å². The molecule has 0 spiro atoms. The summed E-state index contributed by atoms with van der Waals surface area (Å²) < 4.78 is 33.6. The zero-order valence-electron chi connectivity index (χ0n) is 18.1. The van der Waals surface area contributed by atoms with Crippen LogP contribution in [0.4, 0.5) is 11.4 Å². The van der Waals surface area contributed by atoms with Crippen molar-refractivity contribution in [1.82, 2.24) is 0 Å². The maximum absolute atomic E-state index is 12.7. The summed E-state index contributed by atoms with van der Waals surface area (Å²) in [6.07, 6.45) is -0.199. The number of para-hydroxylation sites is 1. The number of sulfonamides is 1. The summed E-state index contributed by atoms with van der Waals surface area (Å²) in [7, 11) is -3.82. The number of rotatable bonds is 8. The van der Waals surface area contributed by atoms with Crippen molar-refractivity contribution < 1.29 is 17.9 Å². The van der Waals surface area contributed by atoms with Crippen LogP contribution in [0, 0.1) is 13.8 Å². The van der Waals surface area contributed by atoms with Gasteiger partial charge in [-0.3, -0.25) is 9.52 Å². The van der Waals surface area contributed by atoms with Gasteiger partial charge in [-0.1, -0.05) is 36.7 Å². The average molecular weight is 473 g/mol. The Kier molecular flexibility index (Phi) is 7.43. The lowest BCUT2D eigenvalue weighted by molar-refractivity contribution is -0.122. The van der Waals surface area contributed by atoms with E-state index in [-0.39, 0.29) is 10.8 Å². The van der Waals surface area contributed by atoms with Crippen molar-refractivity contribution in [1.29, 1.82) is 0 Å². The number of aryl methyl sites for hydroxylation is 2. The van der Waals surface area contributed by atoms with Crippen molar-refractivity contribution in [2.45, 2.75) is 38.2 Å². The Labute approximate surface area is 193 Å². The van der Waals surface area contributed by atoms with Crippen molar-refractivity contribution in [2.24, 2.45) is 0 Å². The standard InChI is InChI=1S/C24H25ClN2O4S/c1-4-23(31-19-12-9-16(2)17(3)15-19)24(28)26-18-10-13-20(14-11-18)32(29,30)27-22-8-6-5-7-21(22)25/h5-15,23,27H,4H2,1-3H3,(H,26,28)/t23-/m0/s1. The minimum Gasteiger partial charge on any atom is -0.481 e. The summed E-state index contributed by atoms with van der Waals surface area (Å²) in [5, 5.41) is 3.08. The number of halogens is 1. The molecule has 0 heterocycles. The van der Waals surface area contributed by atoms with Crippen molar-refractivity contribution in [3.05, 3.63) is 82.9 Å². The van der Waals surface area contributed by atoms with E-state index >= 15 is 0 Å². The predicted molar refractivity (Wildman–Crippen MR) is 128 cm³/mol. The van der Waals surface area contributed by atoms with Crippen molar-refractivity contribution >= 4 is 38.9 Å². The lowest BCUT2D eigenvalue weighted by Gasteiger charge is -2.18. The van der Waals surface area contributed by atoms with E-state index in [1.807, 2.05) is 39.0 Å². The molecule has 0 saturated heterocycles. The summed E-state index contributed by atoms with van der Waals surface area (Å²) in [6.45, 7) is 5.86. The maximum atomic E-state index is 12.7. The molecule has 0 bridgehead atoms. The zero-order valence-corrected chi connectivity index (χ0v) is 19.6. The number of amides is 1. The highest BCUT2D eigenvalue weighted by molar-refractivity contribution is 7.92. The summed E-state index contributed by atoms with van der Waals surface area (Å²) in [6, 6.07) is 18.2. The van der Waals surface area contributed by atoms with Crippen LogP contribution in [0.3, 0.4) is 0 Å². The van der Waals surface area contributed by atoms with Crippen LogP contribution in [-0.2, 0) is 14.8 Å². The van der Waals surface area contributed by atoms with Gasteiger partial charge >= 0.3 is 0 Å². The first-order valence-corrected chi connectivity index (χ1v) is 12.0. The van der Waals surface area contributed by atoms with Crippen LogP contribution in [0.15, 0.2) is 71.6 Å². The highest BCUT2D eigenvalue weighted by Gasteiger charge is 2.20. The Morgan fingerprint density at radius 1 is 1.00 bits per heavy atom. The van der Waals surface area contributed by atoms with Gasteiger partial charge in [0.15, 0.2) is 6.10 Å². The van der Waals surface area contributed by atoms with Crippen LogP contribution in [0.5, 0.6) is 5.75 Å². The van der Waals surface area contributed by atoms with Gasteiger partial charge in [0.05, 0.1) is 15.6 Å². The van der Waals surface area contributed by atoms with E-state index < -0.39 is 16.1 Å². The van der Waals surface area contributed by atoms with E-state index in [1.54, 1.807) is 24.3 Å².